The second-order valence-corrected chi connectivity index (χ2v) is 3.78. The first-order valence-electron chi connectivity index (χ1n) is 2.62. The number of halogens is 3. The van der Waals surface area contributed by atoms with Gasteiger partial charge in [-0.15, -0.1) is 11.6 Å². The quantitative estimate of drug-likeness (QED) is 0.585. The minimum atomic E-state index is -0.382. The topological polar surface area (TPSA) is 26.3 Å². The van der Waals surface area contributed by atoms with Crippen LogP contribution in [0.3, 0.4) is 0 Å². The molecule has 0 N–H and O–H groups in total. The van der Waals surface area contributed by atoms with Gasteiger partial charge in [-0.05, 0) is 0 Å². The fourth-order valence-electron chi connectivity index (χ4n) is 0.266. The highest BCUT2D eigenvalue weighted by Crippen LogP contribution is 2.03. The number of rotatable bonds is 4. The van der Waals surface area contributed by atoms with E-state index in [2.05, 4.69) is 31.9 Å². The monoisotopic (exact) mass is 292 g/mol. The number of carbonyl (C=O) groups is 1. The third kappa shape index (κ3) is 5.50. The summed E-state index contributed by atoms with van der Waals surface area (Å²) in [5.74, 6) is -0.464. The molecule has 0 fully saturated rings. The zero-order valence-corrected chi connectivity index (χ0v) is 9.08. The molecule has 1 unspecified atom stereocenters. The molecule has 5 heteroatoms. The number of alkyl halides is 3. The first-order valence-corrected chi connectivity index (χ1v) is 5.19. The van der Waals surface area contributed by atoms with Crippen molar-refractivity contribution in [1.29, 1.82) is 0 Å². The summed E-state index contributed by atoms with van der Waals surface area (Å²) < 4.78 is 4.70. The van der Waals surface area contributed by atoms with E-state index in [9.17, 15) is 4.79 Å². The van der Waals surface area contributed by atoms with E-state index in [1.54, 1.807) is 0 Å². The van der Waals surface area contributed by atoms with E-state index >= 15 is 0 Å². The first kappa shape index (κ1) is 10.7. The lowest BCUT2D eigenvalue weighted by molar-refractivity contribution is -0.140. The highest BCUT2D eigenvalue weighted by molar-refractivity contribution is 9.12. The van der Waals surface area contributed by atoms with Gasteiger partial charge in [0, 0.05) is 5.33 Å². The van der Waals surface area contributed by atoms with Crippen LogP contribution in [-0.4, -0.2) is 28.6 Å². The van der Waals surface area contributed by atoms with Gasteiger partial charge < -0.3 is 4.74 Å². The van der Waals surface area contributed by atoms with E-state index in [0.717, 1.165) is 5.33 Å². The SMILES string of the molecule is O=C(CCl)OCC(Br)CBr. The van der Waals surface area contributed by atoms with Crippen molar-refractivity contribution in [2.45, 2.75) is 4.83 Å². The van der Waals surface area contributed by atoms with E-state index in [0.29, 0.717) is 6.61 Å². The fourth-order valence-corrected chi connectivity index (χ4v) is 0.663. The summed E-state index contributed by atoms with van der Waals surface area (Å²) in [4.78, 5) is 10.6. The van der Waals surface area contributed by atoms with Crippen molar-refractivity contribution < 1.29 is 9.53 Å². The third-order valence-corrected chi connectivity index (χ3v) is 3.16. The summed E-state index contributed by atoms with van der Waals surface area (Å²) in [6.07, 6.45) is 0. The maximum atomic E-state index is 10.4. The Hall–Kier alpha value is 0.720. The Bertz CT molecular complexity index is 110. The summed E-state index contributed by atoms with van der Waals surface area (Å²) in [5.41, 5.74) is 0. The summed E-state index contributed by atoms with van der Waals surface area (Å²) in [5, 5.41) is 0.753. The molecule has 0 heterocycles. The molecule has 0 aliphatic carbocycles. The zero-order chi connectivity index (χ0) is 7.98. The molecule has 0 saturated carbocycles. The van der Waals surface area contributed by atoms with Crippen LogP contribution in [0, 0.1) is 0 Å². The van der Waals surface area contributed by atoms with E-state index < -0.39 is 0 Å². The molecule has 0 radical (unpaired) electrons. The van der Waals surface area contributed by atoms with Crippen molar-refractivity contribution >= 4 is 49.4 Å². The van der Waals surface area contributed by atoms with E-state index in [-0.39, 0.29) is 16.7 Å². The van der Waals surface area contributed by atoms with Gasteiger partial charge in [-0.2, -0.15) is 0 Å². The molecule has 0 spiro atoms. The van der Waals surface area contributed by atoms with Crippen molar-refractivity contribution in [3.63, 3.8) is 0 Å². The lowest BCUT2D eigenvalue weighted by Crippen LogP contribution is -2.15. The molecule has 0 aromatic carbocycles. The highest BCUT2D eigenvalue weighted by atomic mass is 79.9. The molecule has 0 rings (SSSR count). The second-order valence-electron chi connectivity index (χ2n) is 1.57. The fraction of sp³-hybridized carbons (Fsp3) is 0.800. The van der Waals surface area contributed by atoms with Crippen LogP contribution in [0.1, 0.15) is 0 Å². The summed E-state index contributed by atoms with van der Waals surface area (Å²) >= 11 is 11.7. The van der Waals surface area contributed by atoms with Crippen LogP contribution < -0.4 is 0 Å². The number of esters is 1. The average Bonchev–Trinajstić information content (AvgIpc) is 1.99. The largest absolute Gasteiger partial charge is 0.464 e. The van der Waals surface area contributed by atoms with Crippen molar-refractivity contribution in [3.8, 4) is 0 Å². The van der Waals surface area contributed by atoms with Gasteiger partial charge in [0.1, 0.15) is 12.5 Å². The summed E-state index contributed by atoms with van der Waals surface area (Å²) in [6.45, 7) is 0.358. The van der Waals surface area contributed by atoms with Crippen molar-refractivity contribution in [3.05, 3.63) is 0 Å². The molecular weight excluding hydrogens is 287 g/mol. The van der Waals surface area contributed by atoms with Gasteiger partial charge >= 0.3 is 5.97 Å². The lowest BCUT2D eigenvalue weighted by Gasteiger charge is -2.05. The molecule has 0 aromatic heterocycles. The van der Waals surface area contributed by atoms with Gasteiger partial charge in [0.2, 0.25) is 0 Å². The smallest absolute Gasteiger partial charge is 0.320 e. The Balaban J connectivity index is 3.26. The maximum absolute atomic E-state index is 10.4. The predicted molar refractivity (Wildman–Crippen MR) is 48.2 cm³/mol. The number of hydrogen-bond donors (Lipinski definition) is 0. The van der Waals surface area contributed by atoms with Crippen LogP contribution in [0.15, 0.2) is 0 Å². The lowest BCUT2D eigenvalue weighted by atomic mass is 10.5. The van der Waals surface area contributed by atoms with Crippen LogP contribution >= 0.6 is 43.5 Å². The van der Waals surface area contributed by atoms with Gasteiger partial charge in [0.15, 0.2) is 0 Å². The first-order chi connectivity index (χ1) is 4.70. The molecule has 2 nitrogen and oxygen atoms in total. The predicted octanol–water partition coefficient (Wildman–Crippen LogP) is 1.93. The molecule has 0 aliphatic heterocycles. The van der Waals surface area contributed by atoms with Crippen molar-refractivity contribution in [2.75, 3.05) is 17.8 Å². The van der Waals surface area contributed by atoms with Crippen LogP contribution in [0.4, 0.5) is 0 Å². The van der Waals surface area contributed by atoms with Gasteiger partial charge in [0.25, 0.3) is 0 Å². The minimum absolute atomic E-state index is 0.0813. The highest BCUT2D eigenvalue weighted by Gasteiger charge is 2.05. The van der Waals surface area contributed by atoms with Crippen LogP contribution in [0.2, 0.25) is 0 Å². The normalized spacial score (nSPS) is 12.7. The number of ether oxygens (including phenoxy) is 1. The zero-order valence-electron chi connectivity index (χ0n) is 5.15. The number of hydrogen-bond acceptors (Lipinski definition) is 2. The second kappa shape index (κ2) is 6.43. The molecule has 60 valence electrons. The third-order valence-electron chi connectivity index (χ3n) is 0.702. The Labute approximate surface area is 81.5 Å². The Morgan fingerprint density at radius 2 is 2.30 bits per heavy atom. The van der Waals surface area contributed by atoms with E-state index in [1.165, 1.54) is 0 Å². The molecule has 10 heavy (non-hydrogen) atoms. The Morgan fingerprint density at radius 3 is 2.70 bits per heavy atom. The molecule has 0 saturated heterocycles. The van der Waals surface area contributed by atoms with Gasteiger partial charge in [-0.25, -0.2) is 0 Å². The van der Waals surface area contributed by atoms with Gasteiger partial charge in [-0.3, -0.25) is 4.79 Å². The average molecular weight is 294 g/mol. The standard InChI is InChI=1S/C5H7Br2ClO2/c6-1-4(7)3-10-5(9)2-8/h4H,1-3H2. The summed E-state index contributed by atoms with van der Waals surface area (Å²) in [6, 6.07) is 0. The summed E-state index contributed by atoms with van der Waals surface area (Å²) in [7, 11) is 0. The van der Waals surface area contributed by atoms with Gasteiger partial charge in [0.05, 0.1) is 4.83 Å². The van der Waals surface area contributed by atoms with Crippen molar-refractivity contribution in [1.82, 2.24) is 0 Å². The van der Waals surface area contributed by atoms with Crippen LogP contribution in [0.5, 0.6) is 0 Å². The molecule has 0 bridgehead atoms. The van der Waals surface area contributed by atoms with Crippen molar-refractivity contribution in [2.24, 2.45) is 0 Å². The molecule has 0 aromatic rings. The molecule has 0 amide bonds. The van der Waals surface area contributed by atoms with E-state index in [4.69, 9.17) is 16.3 Å². The Morgan fingerprint density at radius 1 is 1.70 bits per heavy atom. The van der Waals surface area contributed by atoms with Gasteiger partial charge in [-0.1, -0.05) is 31.9 Å². The van der Waals surface area contributed by atoms with E-state index in [1.807, 2.05) is 0 Å². The molecule has 0 aliphatic rings. The number of carbonyl (C=O) groups excluding carboxylic acids is 1. The maximum Gasteiger partial charge on any atom is 0.320 e. The molecule has 1 atom stereocenters. The van der Waals surface area contributed by atoms with Crippen LogP contribution in [-0.2, 0) is 9.53 Å². The Kier molecular flexibility index (Phi) is 6.89. The minimum Gasteiger partial charge on any atom is -0.464 e. The molecular formula is C5H7Br2ClO2. The van der Waals surface area contributed by atoms with Crippen LogP contribution in [0.25, 0.3) is 0 Å².